The summed E-state index contributed by atoms with van der Waals surface area (Å²) < 4.78 is 5.31. The lowest BCUT2D eigenvalue weighted by molar-refractivity contribution is -0.156. The van der Waals surface area contributed by atoms with Crippen LogP contribution in [0.3, 0.4) is 0 Å². The van der Waals surface area contributed by atoms with E-state index < -0.39 is 5.60 Å². The summed E-state index contributed by atoms with van der Waals surface area (Å²) in [5.74, 6) is 0.719. The SMILES string of the molecule is CC(C)(C)OC(=O)CCC(=O)N1CCSC(C)(C)C1. The van der Waals surface area contributed by atoms with E-state index in [-0.39, 0.29) is 29.5 Å². The number of ether oxygens (including phenoxy) is 1. The van der Waals surface area contributed by atoms with Gasteiger partial charge in [-0.2, -0.15) is 11.8 Å². The maximum absolute atomic E-state index is 12.1. The van der Waals surface area contributed by atoms with Crippen molar-refractivity contribution in [1.82, 2.24) is 4.90 Å². The number of esters is 1. The third kappa shape index (κ3) is 6.32. The normalized spacial score (nSPS) is 19.1. The van der Waals surface area contributed by atoms with Crippen LogP contribution in [-0.2, 0) is 14.3 Å². The Labute approximate surface area is 120 Å². The molecule has 0 N–H and O–H groups in total. The molecule has 1 heterocycles. The van der Waals surface area contributed by atoms with E-state index in [0.717, 1.165) is 18.8 Å². The predicted molar refractivity (Wildman–Crippen MR) is 78.2 cm³/mol. The lowest BCUT2D eigenvalue weighted by Crippen LogP contribution is -2.46. The molecule has 0 saturated carbocycles. The number of rotatable bonds is 3. The summed E-state index contributed by atoms with van der Waals surface area (Å²) in [6.07, 6.45) is 0.413. The van der Waals surface area contributed by atoms with Crippen LogP contribution in [-0.4, -0.2) is 46.0 Å². The molecule has 1 amide bonds. The Hall–Kier alpha value is -0.710. The molecule has 0 radical (unpaired) electrons. The highest BCUT2D eigenvalue weighted by atomic mass is 32.2. The van der Waals surface area contributed by atoms with Gasteiger partial charge in [-0.1, -0.05) is 0 Å². The van der Waals surface area contributed by atoms with Gasteiger partial charge in [0.1, 0.15) is 5.60 Å². The summed E-state index contributed by atoms with van der Waals surface area (Å²) in [6, 6.07) is 0. The molecule has 0 aliphatic carbocycles. The van der Waals surface area contributed by atoms with Crippen LogP contribution in [0.15, 0.2) is 0 Å². The molecular formula is C14H25NO3S. The van der Waals surface area contributed by atoms with Crippen LogP contribution in [0, 0.1) is 0 Å². The van der Waals surface area contributed by atoms with Gasteiger partial charge in [0, 0.05) is 30.0 Å². The molecule has 0 atom stereocenters. The highest BCUT2D eigenvalue weighted by Gasteiger charge is 2.29. The molecule has 5 heteroatoms. The fourth-order valence-electron chi connectivity index (χ4n) is 1.99. The van der Waals surface area contributed by atoms with E-state index in [9.17, 15) is 9.59 Å². The maximum atomic E-state index is 12.1. The van der Waals surface area contributed by atoms with E-state index in [1.807, 2.05) is 37.4 Å². The summed E-state index contributed by atoms with van der Waals surface area (Å²) in [7, 11) is 0. The molecule has 4 nitrogen and oxygen atoms in total. The van der Waals surface area contributed by atoms with E-state index in [1.165, 1.54) is 0 Å². The summed E-state index contributed by atoms with van der Waals surface area (Å²) in [5.41, 5.74) is -0.482. The van der Waals surface area contributed by atoms with Crippen molar-refractivity contribution < 1.29 is 14.3 Å². The Morgan fingerprint density at radius 1 is 1.26 bits per heavy atom. The molecule has 0 aromatic heterocycles. The van der Waals surface area contributed by atoms with Gasteiger partial charge in [-0.25, -0.2) is 0 Å². The smallest absolute Gasteiger partial charge is 0.306 e. The zero-order chi connectivity index (χ0) is 14.7. The highest BCUT2D eigenvalue weighted by Crippen LogP contribution is 2.29. The van der Waals surface area contributed by atoms with Crippen molar-refractivity contribution in [1.29, 1.82) is 0 Å². The molecule has 0 bridgehead atoms. The Morgan fingerprint density at radius 2 is 1.89 bits per heavy atom. The quantitative estimate of drug-likeness (QED) is 0.748. The molecule has 110 valence electrons. The monoisotopic (exact) mass is 287 g/mol. The minimum absolute atomic E-state index is 0.0548. The van der Waals surface area contributed by atoms with Crippen LogP contribution in [0.5, 0.6) is 0 Å². The molecular weight excluding hydrogens is 262 g/mol. The van der Waals surface area contributed by atoms with Crippen LogP contribution >= 0.6 is 11.8 Å². The summed E-state index contributed by atoms with van der Waals surface area (Å²) in [4.78, 5) is 25.5. The molecule has 0 aromatic carbocycles. The van der Waals surface area contributed by atoms with E-state index in [4.69, 9.17) is 4.74 Å². The number of hydrogen-bond acceptors (Lipinski definition) is 4. The van der Waals surface area contributed by atoms with Gasteiger partial charge in [0.2, 0.25) is 5.91 Å². The van der Waals surface area contributed by atoms with Crippen molar-refractivity contribution in [2.45, 2.75) is 57.8 Å². The van der Waals surface area contributed by atoms with Gasteiger partial charge in [-0.05, 0) is 34.6 Å². The molecule has 0 spiro atoms. The largest absolute Gasteiger partial charge is 0.460 e. The number of thioether (sulfide) groups is 1. The number of amides is 1. The van der Waals surface area contributed by atoms with Crippen molar-refractivity contribution in [2.24, 2.45) is 0 Å². The molecule has 19 heavy (non-hydrogen) atoms. The van der Waals surface area contributed by atoms with Gasteiger partial charge < -0.3 is 9.64 Å². The first-order valence-corrected chi connectivity index (χ1v) is 7.71. The van der Waals surface area contributed by atoms with Crippen molar-refractivity contribution in [3.8, 4) is 0 Å². The van der Waals surface area contributed by atoms with Gasteiger partial charge >= 0.3 is 5.97 Å². The average molecular weight is 287 g/mol. The number of carbonyl (C=O) groups excluding carboxylic acids is 2. The highest BCUT2D eigenvalue weighted by molar-refractivity contribution is 8.00. The molecule has 1 rings (SSSR count). The minimum Gasteiger partial charge on any atom is -0.460 e. The minimum atomic E-state index is -0.482. The zero-order valence-corrected chi connectivity index (χ0v) is 13.4. The molecule has 1 aliphatic rings. The van der Waals surface area contributed by atoms with Gasteiger partial charge in [-0.3, -0.25) is 9.59 Å². The summed E-state index contributed by atoms with van der Waals surface area (Å²) >= 11 is 1.89. The Balaban J connectivity index is 2.37. The van der Waals surface area contributed by atoms with Crippen molar-refractivity contribution in [3.63, 3.8) is 0 Å². The van der Waals surface area contributed by atoms with Crippen molar-refractivity contribution >= 4 is 23.6 Å². The first kappa shape index (κ1) is 16.3. The van der Waals surface area contributed by atoms with Gasteiger partial charge in [-0.15, -0.1) is 0 Å². The number of nitrogens with zero attached hydrogens (tertiary/aromatic N) is 1. The Kier molecular flexibility index (Phi) is 5.30. The summed E-state index contributed by atoms with van der Waals surface area (Å²) in [6.45, 7) is 11.3. The number of carbonyl (C=O) groups is 2. The number of hydrogen-bond donors (Lipinski definition) is 0. The van der Waals surface area contributed by atoms with Crippen molar-refractivity contribution in [3.05, 3.63) is 0 Å². The summed E-state index contributed by atoms with van der Waals surface area (Å²) in [5, 5.41) is 0. The van der Waals surface area contributed by atoms with E-state index in [1.54, 1.807) is 0 Å². The molecule has 0 unspecified atom stereocenters. The lowest BCUT2D eigenvalue weighted by atomic mass is 10.1. The van der Waals surface area contributed by atoms with Crippen molar-refractivity contribution in [2.75, 3.05) is 18.8 Å². The van der Waals surface area contributed by atoms with Gasteiger partial charge in [0.15, 0.2) is 0 Å². The van der Waals surface area contributed by atoms with Crippen LogP contribution in [0.4, 0.5) is 0 Å². The van der Waals surface area contributed by atoms with Crippen LogP contribution in [0.25, 0.3) is 0 Å². The fourth-order valence-corrected chi connectivity index (χ4v) is 3.10. The van der Waals surface area contributed by atoms with E-state index in [2.05, 4.69) is 13.8 Å². The Bertz CT molecular complexity index is 347. The average Bonchev–Trinajstić information content (AvgIpc) is 2.22. The van der Waals surface area contributed by atoms with Crippen LogP contribution < -0.4 is 0 Å². The lowest BCUT2D eigenvalue weighted by Gasteiger charge is -2.37. The first-order chi connectivity index (χ1) is 8.59. The van der Waals surface area contributed by atoms with Crippen LogP contribution in [0.2, 0.25) is 0 Å². The topological polar surface area (TPSA) is 46.6 Å². The Morgan fingerprint density at radius 3 is 2.42 bits per heavy atom. The molecule has 1 saturated heterocycles. The first-order valence-electron chi connectivity index (χ1n) is 6.73. The third-order valence-electron chi connectivity index (χ3n) is 2.74. The van der Waals surface area contributed by atoms with E-state index >= 15 is 0 Å². The fraction of sp³-hybridized carbons (Fsp3) is 0.857. The predicted octanol–water partition coefficient (Wildman–Crippen LogP) is 2.46. The third-order valence-corrected chi connectivity index (χ3v) is 4.04. The second kappa shape index (κ2) is 6.16. The molecule has 1 fully saturated rings. The van der Waals surface area contributed by atoms with E-state index in [0.29, 0.717) is 0 Å². The second-order valence-corrected chi connectivity index (χ2v) is 8.31. The maximum Gasteiger partial charge on any atom is 0.306 e. The van der Waals surface area contributed by atoms with Gasteiger partial charge in [0.05, 0.1) is 6.42 Å². The second-order valence-electron chi connectivity index (χ2n) is 6.51. The molecule has 0 aromatic rings. The zero-order valence-electron chi connectivity index (χ0n) is 12.6. The van der Waals surface area contributed by atoms with Crippen LogP contribution in [0.1, 0.15) is 47.5 Å². The standard InChI is InChI=1S/C14H25NO3S/c1-13(2,3)18-12(17)7-6-11(16)15-8-9-19-14(4,5)10-15/h6-10H2,1-5H3. The van der Waals surface area contributed by atoms with Gasteiger partial charge in [0.25, 0.3) is 0 Å². The molecule has 1 aliphatic heterocycles.